The molecule has 0 saturated heterocycles. The lowest BCUT2D eigenvalue weighted by molar-refractivity contribution is -0.688. The van der Waals surface area contributed by atoms with E-state index in [-0.39, 0.29) is 56.6 Å². The molecule has 0 saturated carbocycles. The van der Waals surface area contributed by atoms with Gasteiger partial charge in [-0.2, -0.15) is 0 Å². The molecular weight excluding hydrogens is 1260 g/mol. The Morgan fingerprint density at radius 2 is 0.663 bits per heavy atom. The quantitative estimate of drug-likeness (QED) is 0.0286. The average Bonchev–Trinajstić information content (AvgIpc) is 0.891. The minimum atomic E-state index is -0.0589. The molecule has 4 aromatic carbocycles. The summed E-state index contributed by atoms with van der Waals surface area (Å²) < 4.78 is 17.1. The van der Waals surface area contributed by atoms with E-state index >= 15 is 0 Å². The zero-order chi connectivity index (χ0) is 65.3. The summed E-state index contributed by atoms with van der Waals surface area (Å²) in [5.74, 6) is 2.01. The van der Waals surface area contributed by atoms with Crippen molar-refractivity contribution in [1.82, 2.24) is 0 Å². The van der Waals surface area contributed by atoms with E-state index in [1.807, 2.05) is 9.80 Å². The van der Waals surface area contributed by atoms with Crippen LogP contribution in [0.1, 0.15) is 279 Å². The number of rotatable bonds is 38. The van der Waals surface area contributed by atoms with Gasteiger partial charge in [-0.1, -0.05) is 233 Å². The lowest BCUT2D eigenvalue weighted by atomic mass is 9.85. The van der Waals surface area contributed by atoms with Gasteiger partial charge in [-0.3, -0.25) is 9.59 Å². The molecule has 0 aliphatic heterocycles. The van der Waals surface area contributed by atoms with Crippen LogP contribution >= 0.6 is 0 Å². The molecule has 0 radical (unpaired) electrons. The molecule has 0 aliphatic carbocycles. The Morgan fingerprint density at radius 3 is 0.935 bits per heavy atom. The van der Waals surface area contributed by atoms with Gasteiger partial charge in [0.05, 0.1) is 26.3 Å². The summed E-state index contributed by atoms with van der Waals surface area (Å²) >= 11 is 0. The first kappa shape index (κ1) is 80.9. The van der Waals surface area contributed by atoms with E-state index in [4.69, 9.17) is 9.47 Å². The first-order valence-corrected chi connectivity index (χ1v) is 35.4. The number of pyridine rings is 2. The van der Waals surface area contributed by atoms with Crippen LogP contribution in [-0.4, -0.2) is 25.0 Å². The van der Waals surface area contributed by atoms with Crippen LogP contribution in [0.2, 0.25) is 0 Å². The van der Waals surface area contributed by atoms with Crippen molar-refractivity contribution in [3.63, 3.8) is 0 Å². The fraction of sp³-hybridized carbons (Fsp3) is 0.561. The lowest BCUT2D eigenvalue weighted by Crippen LogP contribution is -3.00. The Hall–Kier alpha value is -5.32. The third kappa shape index (κ3) is 30.0. The highest BCUT2D eigenvalue weighted by atomic mass is 79.9. The van der Waals surface area contributed by atoms with Gasteiger partial charge >= 0.3 is 0 Å². The summed E-state index contributed by atoms with van der Waals surface area (Å²) in [5, 5.41) is 0. The number of anilines is 2. The number of nitrogens with zero attached hydrogens (tertiary/aromatic N) is 4. The van der Waals surface area contributed by atoms with E-state index in [0.717, 1.165) is 73.1 Å². The second-order valence-corrected chi connectivity index (χ2v) is 28.1. The second-order valence-electron chi connectivity index (χ2n) is 28.1. The molecular formula is C82H122Br2N4O4. The van der Waals surface area contributed by atoms with Crippen LogP contribution in [0.15, 0.2) is 122 Å². The molecule has 0 bridgehead atoms. The van der Waals surface area contributed by atoms with Crippen LogP contribution in [0.25, 0.3) is 0 Å². The largest absolute Gasteiger partial charge is 1.00 e. The number of hydrogen-bond acceptors (Lipinski definition) is 4. The normalized spacial score (nSPS) is 11.3. The van der Waals surface area contributed by atoms with Gasteiger partial charge < -0.3 is 53.2 Å². The van der Waals surface area contributed by atoms with Crippen LogP contribution in [0.5, 0.6) is 11.5 Å². The summed E-state index contributed by atoms with van der Waals surface area (Å²) in [6.45, 7) is 34.0. The summed E-state index contributed by atoms with van der Waals surface area (Å²) in [6.07, 6.45) is 40.8. The first-order valence-electron chi connectivity index (χ1n) is 35.4. The Morgan fingerprint density at radius 1 is 0.380 bits per heavy atom. The number of benzene rings is 4. The minimum Gasteiger partial charge on any atom is -1.00 e. The van der Waals surface area contributed by atoms with Crippen LogP contribution in [0.4, 0.5) is 11.4 Å². The van der Waals surface area contributed by atoms with Crippen molar-refractivity contribution in [3.8, 4) is 11.5 Å². The zero-order valence-corrected chi connectivity index (χ0v) is 63.1. The van der Waals surface area contributed by atoms with E-state index in [1.165, 1.54) is 186 Å². The molecule has 92 heavy (non-hydrogen) atoms. The monoisotopic (exact) mass is 1380 g/mol. The Kier molecular flexibility index (Phi) is 38.4. The van der Waals surface area contributed by atoms with Gasteiger partial charge in [-0.25, -0.2) is 9.13 Å². The fourth-order valence-electron chi connectivity index (χ4n) is 11.8. The van der Waals surface area contributed by atoms with Gasteiger partial charge in [-0.05, 0) is 133 Å². The molecule has 0 fully saturated rings. The van der Waals surface area contributed by atoms with Crippen LogP contribution < -0.4 is 62.4 Å². The summed E-state index contributed by atoms with van der Waals surface area (Å²) in [4.78, 5) is 29.3. The fourth-order valence-corrected chi connectivity index (χ4v) is 11.8. The third-order valence-corrected chi connectivity index (χ3v) is 17.9. The first-order chi connectivity index (χ1) is 43.2. The molecule has 2 heterocycles. The highest BCUT2D eigenvalue weighted by Gasteiger charge is 2.24. The Labute approximate surface area is 581 Å². The second kappa shape index (κ2) is 43.6. The Balaban J connectivity index is 0.000000470. The van der Waals surface area contributed by atoms with Gasteiger partial charge in [0.2, 0.25) is 11.8 Å². The SMILES string of the molecule is CCCCCCCCCCCCCCOc1ccc(CN(C(C)=O)c2ccc(C[n+]3ccc(C)c(C)c3)cc2)cc1C(C)(C)C.CCCCCCCCCCCCCCOc1ccc(CN(C(C)=O)c2ccc(C[n+]3ccc(C)c(C)c3)cc2)cc1C(C)(C)C.[Br-].[Br-]. The topological polar surface area (TPSA) is 66.8 Å². The molecule has 0 atom stereocenters. The maximum atomic E-state index is 12.8. The number of carbonyl (C=O) groups is 2. The summed E-state index contributed by atoms with van der Waals surface area (Å²) in [6, 6.07) is 34.0. The van der Waals surface area contributed by atoms with E-state index in [2.05, 4.69) is 214 Å². The number of halogens is 2. The maximum Gasteiger partial charge on any atom is 0.224 e. The van der Waals surface area contributed by atoms with Crippen molar-refractivity contribution >= 4 is 23.2 Å². The van der Waals surface area contributed by atoms with Crippen molar-refractivity contribution < 1.29 is 62.2 Å². The van der Waals surface area contributed by atoms with Crippen molar-refractivity contribution in [3.05, 3.63) is 177 Å². The standard InChI is InChI=1S/2C41H61N2O2.2BrH/c2*1-8-9-10-11-12-13-14-15-16-17-18-19-28-45-40-25-22-37(29-39(40)41(5,6)7)32-43(35(4)44)38-23-20-36(21-24-38)31-42-27-26-33(2)34(3)30-42;;/h2*20-27,29-30H,8-19,28,31-32H2,1-7H3;2*1H/q2*+1;;/p-2. The molecule has 6 aromatic rings. The van der Waals surface area contributed by atoms with Gasteiger partial charge in [0, 0.05) is 59.6 Å². The molecule has 0 aliphatic rings. The molecule has 0 spiro atoms. The van der Waals surface area contributed by atoms with Crippen molar-refractivity contribution in [2.75, 3.05) is 23.0 Å². The third-order valence-electron chi connectivity index (χ3n) is 17.9. The minimum absolute atomic E-state index is 0. The molecule has 508 valence electrons. The van der Waals surface area contributed by atoms with E-state index in [9.17, 15) is 9.59 Å². The van der Waals surface area contributed by atoms with Gasteiger partial charge in [-0.15, -0.1) is 0 Å². The average molecular weight is 1390 g/mol. The lowest BCUT2D eigenvalue weighted by Gasteiger charge is -2.26. The number of amides is 2. The number of aromatic nitrogens is 2. The number of aryl methyl sites for hydroxylation is 4. The van der Waals surface area contributed by atoms with Crippen LogP contribution in [0.3, 0.4) is 0 Å². The molecule has 0 N–H and O–H groups in total. The van der Waals surface area contributed by atoms with E-state index in [1.54, 1.807) is 13.8 Å². The molecule has 8 nitrogen and oxygen atoms in total. The predicted octanol–water partition coefficient (Wildman–Crippen LogP) is 15.1. The smallest absolute Gasteiger partial charge is 0.224 e. The summed E-state index contributed by atoms with van der Waals surface area (Å²) in [5.41, 5.74) is 13.9. The van der Waals surface area contributed by atoms with Crippen molar-refractivity contribution in [2.24, 2.45) is 0 Å². The number of carbonyl (C=O) groups excluding carboxylic acids is 2. The Bertz CT molecular complexity index is 2830. The van der Waals surface area contributed by atoms with Gasteiger partial charge in [0.25, 0.3) is 0 Å². The van der Waals surface area contributed by atoms with Gasteiger partial charge in [0.15, 0.2) is 37.9 Å². The van der Waals surface area contributed by atoms with E-state index in [0.29, 0.717) is 13.1 Å². The highest BCUT2D eigenvalue weighted by molar-refractivity contribution is 5.92. The number of ether oxygens (including phenoxy) is 2. The maximum absolute atomic E-state index is 12.8. The molecule has 0 unspecified atom stereocenters. The zero-order valence-electron chi connectivity index (χ0n) is 59.9. The number of hydrogen-bond donors (Lipinski definition) is 0. The molecule has 10 heteroatoms. The van der Waals surface area contributed by atoms with Crippen molar-refractivity contribution in [1.29, 1.82) is 0 Å². The summed E-state index contributed by atoms with van der Waals surface area (Å²) in [7, 11) is 0. The van der Waals surface area contributed by atoms with E-state index < -0.39 is 0 Å². The highest BCUT2D eigenvalue weighted by Crippen LogP contribution is 2.35. The van der Waals surface area contributed by atoms with Gasteiger partial charge in [0.1, 0.15) is 11.5 Å². The van der Waals surface area contributed by atoms with Crippen molar-refractivity contribution in [2.45, 2.75) is 288 Å². The van der Waals surface area contributed by atoms with Crippen LogP contribution in [-0.2, 0) is 46.6 Å². The number of unbranched alkanes of at least 4 members (excludes halogenated alkanes) is 22. The molecule has 6 rings (SSSR count). The van der Waals surface area contributed by atoms with Crippen LogP contribution in [0, 0.1) is 27.7 Å². The predicted molar refractivity (Wildman–Crippen MR) is 380 cm³/mol. The molecule has 2 amide bonds. The molecule has 2 aromatic heterocycles.